The van der Waals surface area contributed by atoms with E-state index in [4.69, 9.17) is 4.74 Å². The van der Waals surface area contributed by atoms with Crippen molar-refractivity contribution in [1.29, 1.82) is 0 Å². The van der Waals surface area contributed by atoms with E-state index in [0.29, 0.717) is 6.61 Å². The van der Waals surface area contributed by atoms with Gasteiger partial charge in [-0.05, 0) is 18.6 Å². The van der Waals surface area contributed by atoms with Gasteiger partial charge in [-0.1, -0.05) is 13.8 Å². The maximum Gasteiger partial charge on any atom is 0.308 e. The Morgan fingerprint density at radius 3 is 2.64 bits per heavy atom. The van der Waals surface area contributed by atoms with Crippen molar-refractivity contribution in [3.63, 3.8) is 0 Å². The molecule has 1 rings (SSSR count). The van der Waals surface area contributed by atoms with Gasteiger partial charge >= 0.3 is 5.97 Å². The first kappa shape index (κ1) is 10.8. The molecule has 0 saturated carbocycles. The van der Waals surface area contributed by atoms with Gasteiger partial charge in [-0.3, -0.25) is 4.79 Å². The zero-order valence-corrected chi connectivity index (χ0v) is 8.77. The van der Waals surface area contributed by atoms with Gasteiger partial charge in [0.2, 0.25) is 0 Å². The summed E-state index contributed by atoms with van der Waals surface area (Å²) in [4.78, 5) is 11.3. The summed E-state index contributed by atoms with van der Waals surface area (Å²) in [7, 11) is 0. The molecule has 14 heavy (non-hydrogen) atoms. The lowest BCUT2D eigenvalue weighted by Crippen LogP contribution is -2.16. The largest absolute Gasteiger partial charge is 0.464 e. The van der Waals surface area contributed by atoms with Crippen molar-refractivity contribution in [2.75, 3.05) is 6.61 Å². The molecule has 78 valence electrons. The van der Waals surface area contributed by atoms with Crippen LogP contribution in [0.3, 0.4) is 0 Å². The fourth-order valence-corrected chi connectivity index (χ4v) is 1.08. The van der Waals surface area contributed by atoms with Crippen molar-refractivity contribution in [2.45, 2.75) is 26.8 Å². The molecular weight excluding hydrogens is 178 g/mol. The van der Waals surface area contributed by atoms with Crippen LogP contribution >= 0.6 is 0 Å². The fourth-order valence-electron chi connectivity index (χ4n) is 1.08. The lowest BCUT2D eigenvalue weighted by molar-refractivity contribution is -0.148. The molecule has 3 heteroatoms. The molecule has 0 radical (unpaired) electrons. The van der Waals surface area contributed by atoms with Gasteiger partial charge in [0.25, 0.3) is 0 Å². The maximum atomic E-state index is 11.3. The van der Waals surface area contributed by atoms with Crippen molar-refractivity contribution in [1.82, 2.24) is 4.57 Å². The average molecular weight is 195 g/mol. The average Bonchev–Trinajstić information content (AvgIpc) is 2.69. The van der Waals surface area contributed by atoms with Gasteiger partial charge in [0, 0.05) is 12.4 Å². The minimum atomic E-state index is -0.0975. The van der Waals surface area contributed by atoms with Crippen molar-refractivity contribution >= 4 is 5.97 Å². The summed E-state index contributed by atoms with van der Waals surface area (Å²) >= 11 is 0. The predicted octanol–water partition coefficient (Wildman–Crippen LogP) is 2.08. The van der Waals surface area contributed by atoms with Crippen molar-refractivity contribution in [2.24, 2.45) is 5.92 Å². The van der Waals surface area contributed by atoms with E-state index in [1.54, 1.807) is 0 Å². The molecule has 0 aliphatic heterocycles. The zero-order chi connectivity index (χ0) is 10.4. The van der Waals surface area contributed by atoms with Gasteiger partial charge in [-0.25, -0.2) is 0 Å². The Morgan fingerprint density at radius 1 is 1.43 bits per heavy atom. The second-order valence-electron chi connectivity index (χ2n) is 3.40. The second kappa shape index (κ2) is 5.47. The van der Waals surface area contributed by atoms with Gasteiger partial charge in [0.15, 0.2) is 0 Å². The molecule has 3 nitrogen and oxygen atoms in total. The SMILES string of the molecule is CCC(C)C(=O)OCCn1cccc1. The second-order valence-corrected chi connectivity index (χ2v) is 3.40. The van der Waals surface area contributed by atoms with E-state index in [0.717, 1.165) is 13.0 Å². The van der Waals surface area contributed by atoms with Crippen LogP contribution in [0.5, 0.6) is 0 Å². The highest BCUT2D eigenvalue weighted by atomic mass is 16.5. The highest BCUT2D eigenvalue weighted by Gasteiger charge is 2.10. The third-order valence-electron chi connectivity index (χ3n) is 2.27. The molecular formula is C11H17NO2. The molecule has 0 aliphatic carbocycles. The number of carbonyl (C=O) groups excluding carboxylic acids is 1. The van der Waals surface area contributed by atoms with E-state index in [2.05, 4.69) is 0 Å². The van der Waals surface area contributed by atoms with Crippen LogP contribution < -0.4 is 0 Å². The standard InChI is InChI=1S/C11H17NO2/c1-3-10(2)11(13)14-9-8-12-6-4-5-7-12/h4-7,10H,3,8-9H2,1-2H3. The molecule has 0 spiro atoms. The smallest absolute Gasteiger partial charge is 0.308 e. The van der Waals surface area contributed by atoms with Crippen LogP contribution in [0.1, 0.15) is 20.3 Å². The molecule has 1 aromatic rings. The first-order chi connectivity index (χ1) is 6.74. The normalized spacial score (nSPS) is 12.4. The summed E-state index contributed by atoms with van der Waals surface area (Å²) in [6.45, 7) is 5.06. The Labute approximate surface area is 84.7 Å². The number of hydrogen-bond donors (Lipinski definition) is 0. The van der Waals surface area contributed by atoms with Crippen molar-refractivity contribution < 1.29 is 9.53 Å². The van der Waals surface area contributed by atoms with E-state index in [1.807, 2.05) is 42.9 Å². The lowest BCUT2D eigenvalue weighted by atomic mass is 10.1. The topological polar surface area (TPSA) is 31.2 Å². The number of aromatic nitrogens is 1. The van der Waals surface area contributed by atoms with Crippen LogP contribution in [0, 0.1) is 5.92 Å². The number of ether oxygens (including phenoxy) is 1. The molecule has 1 aromatic heterocycles. The third kappa shape index (κ3) is 3.24. The molecule has 1 atom stereocenters. The van der Waals surface area contributed by atoms with Gasteiger partial charge in [-0.2, -0.15) is 0 Å². The fraction of sp³-hybridized carbons (Fsp3) is 0.545. The molecule has 0 N–H and O–H groups in total. The Balaban J connectivity index is 2.18. The third-order valence-corrected chi connectivity index (χ3v) is 2.27. The minimum Gasteiger partial charge on any atom is -0.464 e. The van der Waals surface area contributed by atoms with E-state index >= 15 is 0 Å². The Hall–Kier alpha value is -1.25. The van der Waals surface area contributed by atoms with E-state index < -0.39 is 0 Å². The first-order valence-electron chi connectivity index (χ1n) is 5.01. The van der Waals surface area contributed by atoms with Crippen LogP contribution in [-0.2, 0) is 16.1 Å². The summed E-state index contributed by atoms with van der Waals surface area (Å²) in [5, 5.41) is 0. The molecule has 0 bridgehead atoms. The summed E-state index contributed by atoms with van der Waals surface area (Å²) in [6, 6.07) is 3.91. The number of hydrogen-bond acceptors (Lipinski definition) is 2. The monoisotopic (exact) mass is 195 g/mol. The van der Waals surface area contributed by atoms with Crippen LogP contribution in [-0.4, -0.2) is 17.1 Å². The molecule has 0 fully saturated rings. The number of carbonyl (C=O) groups is 1. The first-order valence-corrected chi connectivity index (χ1v) is 5.01. The Kier molecular flexibility index (Phi) is 4.23. The molecule has 1 unspecified atom stereocenters. The molecule has 0 aromatic carbocycles. The summed E-state index contributed by atoms with van der Waals surface area (Å²) in [6.07, 6.45) is 4.75. The zero-order valence-electron chi connectivity index (χ0n) is 8.77. The highest BCUT2D eigenvalue weighted by Crippen LogP contribution is 2.03. The summed E-state index contributed by atoms with van der Waals surface area (Å²) in [5.74, 6) is -0.0840. The minimum absolute atomic E-state index is 0.0136. The van der Waals surface area contributed by atoms with E-state index in [-0.39, 0.29) is 11.9 Å². The summed E-state index contributed by atoms with van der Waals surface area (Å²) in [5.41, 5.74) is 0. The van der Waals surface area contributed by atoms with Gasteiger partial charge in [-0.15, -0.1) is 0 Å². The quantitative estimate of drug-likeness (QED) is 0.673. The Bertz CT molecular complexity index is 267. The number of nitrogens with zero attached hydrogens (tertiary/aromatic N) is 1. The molecule has 0 saturated heterocycles. The Morgan fingerprint density at radius 2 is 2.07 bits per heavy atom. The maximum absolute atomic E-state index is 11.3. The van der Waals surface area contributed by atoms with Gasteiger partial charge in [0.1, 0.15) is 6.61 Å². The van der Waals surface area contributed by atoms with Crippen LogP contribution in [0.15, 0.2) is 24.5 Å². The van der Waals surface area contributed by atoms with Gasteiger partial charge in [0.05, 0.1) is 12.5 Å². The predicted molar refractivity (Wildman–Crippen MR) is 54.8 cm³/mol. The van der Waals surface area contributed by atoms with Gasteiger partial charge < -0.3 is 9.30 Å². The van der Waals surface area contributed by atoms with Crippen molar-refractivity contribution in [3.8, 4) is 0 Å². The highest BCUT2D eigenvalue weighted by molar-refractivity contribution is 5.71. The van der Waals surface area contributed by atoms with E-state index in [9.17, 15) is 4.79 Å². The number of esters is 1. The number of rotatable bonds is 5. The molecule has 1 heterocycles. The lowest BCUT2D eigenvalue weighted by Gasteiger charge is -2.09. The van der Waals surface area contributed by atoms with E-state index in [1.165, 1.54) is 0 Å². The van der Waals surface area contributed by atoms with Crippen LogP contribution in [0.25, 0.3) is 0 Å². The van der Waals surface area contributed by atoms with Crippen molar-refractivity contribution in [3.05, 3.63) is 24.5 Å². The van der Waals surface area contributed by atoms with Crippen LogP contribution in [0.2, 0.25) is 0 Å². The molecule has 0 amide bonds. The molecule has 0 aliphatic rings. The summed E-state index contributed by atoms with van der Waals surface area (Å²) < 4.78 is 7.10. The van der Waals surface area contributed by atoms with Crippen LogP contribution in [0.4, 0.5) is 0 Å².